The molecule has 0 aromatic carbocycles. The SMILES string of the molecule is O=[PH](OCCSCCP(=O)(O)O)OCCSCCP(=O)(O)O. The monoisotopic (exact) mass is 418 g/mol. The minimum Gasteiger partial charge on any atom is -0.324 e. The first-order chi connectivity index (χ1) is 10.1. The molecule has 0 aromatic rings. The predicted molar refractivity (Wildman–Crippen MR) is 89.4 cm³/mol. The van der Waals surface area contributed by atoms with Gasteiger partial charge in [0.25, 0.3) is 0 Å². The van der Waals surface area contributed by atoms with Gasteiger partial charge in [-0.15, -0.1) is 0 Å². The van der Waals surface area contributed by atoms with Crippen LogP contribution in [0.3, 0.4) is 0 Å². The molecule has 4 N–H and O–H groups in total. The largest absolute Gasteiger partial charge is 0.326 e. The van der Waals surface area contributed by atoms with Crippen molar-refractivity contribution in [1.29, 1.82) is 0 Å². The van der Waals surface area contributed by atoms with Crippen LogP contribution < -0.4 is 0 Å². The highest BCUT2D eigenvalue weighted by atomic mass is 32.2. The Morgan fingerprint density at radius 3 is 1.45 bits per heavy atom. The van der Waals surface area contributed by atoms with Gasteiger partial charge in [-0.25, -0.2) is 0 Å². The van der Waals surface area contributed by atoms with Crippen LogP contribution in [0.1, 0.15) is 0 Å². The molecule has 0 aliphatic carbocycles. The molecule has 0 aliphatic rings. The molecule has 0 radical (unpaired) electrons. The van der Waals surface area contributed by atoms with Crippen LogP contribution in [0.15, 0.2) is 0 Å². The normalized spacial score (nSPS) is 13.0. The zero-order valence-electron chi connectivity index (χ0n) is 11.7. The number of thioether (sulfide) groups is 2. The van der Waals surface area contributed by atoms with Crippen LogP contribution in [-0.4, -0.2) is 68.1 Å². The highest BCUT2D eigenvalue weighted by Crippen LogP contribution is 2.35. The summed E-state index contributed by atoms with van der Waals surface area (Å²) in [4.78, 5) is 34.5. The van der Waals surface area contributed by atoms with E-state index >= 15 is 0 Å². The molecule has 0 heterocycles. The second-order valence-corrected chi connectivity index (χ2v) is 11.0. The minimum atomic E-state index is -3.96. The van der Waals surface area contributed by atoms with Gasteiger partial charge >= 0.3 is 23.4 Å². The molecule has 0 saturated heterocycles. The molecule has 14 heteroatoms. The van der Waals surface area contributed by atoms with E-state index in [1.54, 1.807) is 0 Å². The van der Waals surface area contributed by atoms with Crippen LogP contribution in [0.2, 0.25) is 0 Å². The zero-order valence-corrected chi connectivity index (χ0v) is 16.1. The highest BCUT2D eigenvalue weighted by molar-refractivity contribution is 7.99. The van der Waals surface area contributed by atoms with E-state index in [9.17, 15) is 13.7 Å². The van der Waals surface area contributed by atoms with Gasteiger partial charge in [0, 0.05) is 23.0 Å². The van der Waals surface area contributed by atoms with E-state index < -0.39 is 23.4 Å². The Labute approximate surface area is 138 Å². The zero-order chi connectivity index (χ0) is 17.1. The van der Waals surface area contributed by atoms with Crippen molar-refractivity contribution in [3.05, 3.63) is 0 Å². The molecule has 0 saturated carbocycles. The maximum absolute atomic E-state index is 11.3. The first-order valence-electron chi connectivity index (χ1n) is 6.14. The summed E-state index contributed by atoms with van der Waals surface area (Å²) in [6, 6.07) is 0. The Morgan fingerprint density at radius 2 is 1.14 bits per heavy atom. The summed E-state index contributed by atoms with van der Waals surface area (Å²) in [6.45, 7) is 0.323. The quantitative estimate of drug-likeness (QED) is 0.238. The van der Waals surface area contributed by atoms with Gasteiger partial charge in [-0.3, -0.25) is 13.7 Å². The number of rotatable bonds is 14. The third-order valence-electron chi connectivity index (χ3n) is 1.95. The summed E-state index contributed by atoms with van der Waals surface area (Å²) in [6.07, 6.45) is -0.398. The average molecular weight is 418 g/mol. The molecular weight excluding hydrogens is 397 g/mol. The molecule has 0 spiro atoms. The minimum absolute atomic E-state index is 0.162. The van der Waals surface area contributed by atoms with Crippen molar-refractivity contribution in [3.63, 3.8) is 0 Å². The predicted octanol–water partition coefficient (Wildman–Crippen LogP) is 1.23. The van der Waals surface area contributed by atoms with Crippen molar-refractivity contribution in [2.45, 2.75) is 0 Å². The Kier molecular flexibility index (Phi) is 13.2. The number of hydrogen-bond acceptors (Lipinski definition) is 7. The summed E-state index contributed by atoms with van der Waals surface area (Å²) >= 11 is 2.57. The Balaban J connectivity index is 3.37. The summed E-state index contributed by atoms with van der Waals surface area (Å²) in [5, 5.41) is 0. The van der Waals surface area contributed by atoms with Gasteiger partial charge in [-0.2, -0.15) is 23.5 Å². The van der Waals surface area contributed by atoms with Crippen molar-refractivity contribution in [3.8, 4) is 0 Å². The van der Waals surface area contributed by atoms with Crippen LogP contribution in [-0.2, 0) is 22.7 Å². The molecule has 0 aliphatic heterocycles. The molecule has 0 fully saturated rings. The van der Waals surface area contributed by atoms with Crippen LogP contribution in [0.5, 0.6) is 0 Å². The first kappa shape index (κ1) is 23.1. The standard InChI is InChI=1S/C8H21O9P3S2/c9-18(16-1-5-21-7-3-19(10,11)12)17-2-6-22-8-4-20(13,14)15/h18H,1-8H2,(H2,10,11,12)(H2,13,14,15). The topological polar surface area (TPSA) is 151 Å². The summed E-state index contributed by atoms with van der Waals surface area (Å²) in [5.74, 6) is 1.50. The number of hydrogen-bond donors (Lipinski definition) is 4. The van der Waals surface area contributed by atoms with E-state index in [-0.39, 0.29) is 25.5 Å². The van der Waals surface area contributed by atoms with E-state index in [2.05, 4.69) is 0 Å². The molecule has 134 valence electrons. The molecule has 0 rings (SSSR count). The summed E-state index contributed by atoms with van der Waals surface area (Å²) in [7, 11) is -10.5. The molecule has 0 atom stereocenters. The van der Waals surface area contributed by atoms with Crippen molar-refractivity contribution in [1.82, 2.24) is 0 Å². The van der Waals surface area contributed by atoms with Gasteiger partial charge in [0.15, 0.2) is 0 Å². The van der Waals surface area contributed by atoms with Crippen LogP contribution >= 0.6 is 47.0 Å². The third kappa shape index (κ3) is 19.2. The average Bonchev–Trinajstić information content (AvgIpc) is 2.35. The highest BCUT2D eigenvalue weighted by Gasteiger charge is 2.12. The van der Waals surface area contributed by atoms with Gasteiger partial charge in [0.05, 0.1) is 25.5 Å². The second kappa shape index (κ2) is 12.5. The van der Waals surface area contributed by atoms with Crippen molar-refractivity contribution < 1.29 is 42.3 Å². The second-order valence-electron chi connectivity index (χ2n) is 3.95. The molecule has 0 aromatic heterocycles. The maximum Gasteiger partial charge on any atom is 0.326 e. The molecule has 22 heavy (non-hydrogen) atoms. The smallest absolute Gasteiger partial charge is 0.324 e. The van der Waals surface area contributed by atoms with Crippen molar-refractivity contribution >= 4 is 47.0 Å². The fourth-order valence-corrected chi connectivity index (χ4v) is 5.64. The third-order valence-corrected chi connectivity index (χ3v) is 6.94. The van der Waals surface area contributed by atoms with Crippen LogP contribution in [0, 0.1) is 0 Å². The van der Waals surface area contributed by atoms with Gasteiger partial charge in [-0.05, 0) is 0 Å². The Morgan fingerprint density at radius 1 is 0.773 bits per heavy atom. The van der Waals surface area contributed by atoms with Gasteiger partial charge < -0.3 is 28.6 Å². The molecule has 9 nitrogen and oxygen atoms in total. The van der Waals surface area contributed by atoms with Crippen LogP contribution in [0.4, 0.5) is 0 Å². The molecular formula is C8H21O9P3S2. The fraction of sp³-hybridized carbons (Fsp3) is 1.00. The Hall–Kier alpha value is 1.15. The lowest BCUT2D eigenvalue weighted by atomic mass is 10.9. The van der Waals surface area contributed by atoms with E-state index in [1.807, 2.05) is 0 Å². The summed E-state index contributed by atoms with van der Waals surface area (Å²) in [5.41, 5.74) is 0. The van der Waals surface area contributed by atoms with Crippen molar-refractivity contribution in [2.24, 2.45) is 0 Å². The lowest BCUT2D eigenvalue weighted by molar-refractivity contribution is 0.246. The molecule has 0 amide bonds. The van der Waals surface area contributed by atoms with Crippen molar-refractivity contribution in [2.75, 3.05) is 48.5 Å². The van der Waals surface area contributed by atoms with Gasteiger partial charge in [0.1, 0.15) is 0 Å². The molecule has 0 bridgehead atoms. The van der Waals surface area contributed by atoms with Crippen LogP contribution in [0.25, 0.3) is 0 Å². The van der Waals surface area contributed by atoms with E-state index in [0.29, 0.717) is 23.0 Å². The summed E-state index contributed by atoms with van der Waals surface area (Å²) < 4.78 is 42.2. The van der Waals surface area contributed by atoms with E-state index in [4.69, 9.17) is 28.6 Å². The van der Waals surface area contributed by atoms with E-state index in [1.165, 1.54) is 23.5 Å². The Bertz CT molecular complexity index is 374. The lowest BCUT2D eigenvalue weighted by Gasteiger charge is -2.06. The maximum atomic E-state index is 11.3. The molecule has 0 unspecified atom stereocenters. The van der Waals surface area contributed by atoms with E-state index in [0.717, 1.165) is 0 Å². The lowest BCUT2D eigenvalue weighted by Crippen LogP contribution is -1.99. The van der Waals surface area contributed by atoms with Gasteiger partial charge in [-0.1, -0.05) is 0 Å². The fourth-order valence-electron chi connectivity index (χ4n) is 0.981. The van der Waals surface area contributed by atoms with Gasteiger partial charge in [0.2, 0.25) is 0 Å². The first-order valence-corrected chi connectivity index (χ1v) is 13.3.